The van der Waals surface area contributed by atoms with Crippen LogP contribution in [0.4, 0.5) is 5.69 Å². The molecule has 1 saturated carbocycles. The third-order valence-electron chi connectivity index (χ3n) is 5.42. The van der Waals surface area contributed by atoms with E-state index < -0.39 is 0 Å². The maximum absolute atomic E-state index is 12.6. The number of para-hydroxylation sites is 1. The van der Waals surface area contributed by atoms with Crippen LogP contribution in [0.25, 0.3) is 11.6 Å². The number of nitrogens with zero attached hydrogens (tertiary/aromatic N) is 3. The van der Waals surface area contributed by atoms with Crippen molar-refractivity contribution in [3.63, 3.8) is 0 Å². The highest BCUT2D eigenvalue weighted by molar-refractivity contribution is 7.99. The quantitative estimate of drug-likeness (QED) is 0.552. The average Bonchev–Trinajstić information content (AvgIpc) is 3.39. The van der Waals surface area contributed by atoms with E-state index in [1.54, 1.807) is 6.26 Å². The number of amides is 1. The normalized spacial score (nSPS) is 14.8. The van der Waals surface area contributed by atoms with Gasteiger partial charge in [-0.1, -0.05) is 49.2 Å². The highest BCUT2D eigenvalue weighted by atomic mass is 32.2. The molecule has 29 heavy (non-hydrogen) atoms. The number of aryl methyl sites for hydroxylation is 2. The minimum absolute atomic E-state index is 0.0369. The van der Waals surface area contributed by atoms with Gasteiger partial charge in [0.1, 0.15) is 0 Å². The second kappa shape index (κ2) is 8.86. The topological polar surface area (TPSA) is 73.0 Å². The lowest BCUT2D eigenvalue weighted by Gasteiger charge is -2.25. The van der Waals surface area contributed by atoms with E-state index in [9.17, 15) is 4.79 Å². The van der Waals surface area contributed by atoms with Crippen LogP contribution in [-0.2, 0) is 4.79 Å². The molecule has 0 aliphatic heterocycles. The Balaban J connectivity index is 1.52. The first-order chi connectivity index (χ1) is 14.1. The largest absolute Gasteiger partial charge is 0.461 e. The van der Waals surface area contributed by atoms with Crippen LogP contribution in [0.3, 0.4) is 0 Å². The Bertz CT molecular complexity index is 955. The summed E-state index contributed by atoms with van der Waals surface area (Å²) in [7, 11) is 0. The van der Waals surface area contributed by atoms with Crippen LogP contribution in [0.15, 0.2) is 46.2 Å². The average molecular weight is 411 g/mol. The molecule has 0 bridgehead atoms. The number of carbonyl (C=O) groups is 1. The second-order valence-electron chi connectivity index (χ2n) is 7.55. The van der Waals surface area contributed by atoms with Crippen LogP contribution in [0.2, 0.25) is 0 Å². The van der Waals surface area contributed by atoms with Gasteiger partial charge in [-0.25, -0.2) is 0 Å². The Morgan fingerprint density at radius 1 is 1.14 bits per heavy atom. The van der Waals surface area contributed by atoms with Gasteiger partial charge in [0.25, 0.3) is 0 Å². The van der Waals surface area contributed by atoms with E-state index in [2.05, 4.69) is 20.1 Å². The van der Waals surface area contributed by atoms with Gasteiger partial charge in [-0.15, -0.1) is 10.2 Å². The smallest absolute Gasteiger partial charge is 0.234 e. The van der Waals surface area contributed by atoms with Crippen LogP contribution in [0.1, 0.15) is 49.3 Å². The molecule has 2 heterocycles. The van der Waals surface area contributed by atoms with Crippen molar-refractivity contribution in [3.8, 4) is 11.6 Å². The third kappa shape index (κ3) is 4.40. The van der Waals surface area contributed by atoms with E-state index in [0.29, 0.717) is 6.04 Å². The van der Waals surface area contributed by atoms with E-state index in [4.69, 9.17) is 4.42 Å². The van der Waals surface area contributed by atoms with Crippen LogP contribution in [0.5, 0.6) is 0 Å². The molecule has 1 aromatic carbocycles. The molecule has 1 aliphatic carbocycles. The summed E-state index contributed by atoms with van der Waals surface area (Å²) in [5.74, 6) is 1.72. The Morgan fingerprint density at radius 3 is 2.59 bits per heavy atom. The lowest BCUT2D eigenvalue weighted by atomic mass is 9.95. The minimum atomic E-state index is -0.0369. The Labute approximate surface area is 175 Å². The number of hydrogen-bond acceptors (Lipinski definition) is 5. The number of rotatable bonds is 6. The van der Waals surface area contributed by atoms with Gasteiger partial charge in [0, 0.05) is 11.7 Å². The van der Waals surface area contributed by atoms with E-state index >= 15 is 0 Å². The Hall–Kier alpha value is -2.54. The van der Waals surface area contributed by atoms with Crippen molar-refractivity contribution in [2.45, 2.75) is 57.1 Å². The van der Waals surface area contributed by atoms with Crippen molar-refractivity contribution in [2.75, 3.05) is 11.1 Å². The van der Waals surface area contributed by atoms with Gasteiger partial charge in [-0.05, 0) is 49.9 Å². The first kappa shape index (κ1) is 19.8. The van der Waals surface area contributed by atoms with Crippen LogP contribution < -0.4 is 5.32 Å². The molecule has 4 rings (SSSR count). The molecule has 0 saturated heterocycles. The Morgan fingerprint density at radius 2 is 1.90 bits per heavy atom. The fourth-order valence-corrected chi connectivity index (χ4v) is 4.74. The number of furan rings is 1. The lowest BCUT2D eigenvalue weighted by Crippen LogP contribution is -2.18. The summed E-state index contributed by atoms with van der Waals surface area (Å²) in [6, 6.07) is 10.1. The number of thioether (sulfide) groups is 1. The van der Waals surface area contributed by atoms with E-state index in [1.807, 2.05) is 44.2 Å². The van der Waals surface area contributed by atoms with Crippen molar-refractivity contribution in [2.24, 2.45) is 0 Å². The van der Waals surface area contributed by atoms with Gasteiger partial charge in [0.05, 0.1) is 12.0 Å². The van der Waals surface area contributed by atoms with Crippen molar-refractivity contribution in [3.05, 3.63) is 47.7 Å². The van der Waals surface area contributed by atoms with E-state index in [-0.39, 0.29) is 11.7 Å². The number of hydrogen-bond donors (Lipinski definition) is 1. The molecule has 2 aromatic heterocycles. The first-order valence-electron chi connectivity index (χ1n) is 10.1. The summed E-state index contributed by atoms with van der Waals surface area (Å²) >= 11 is 1.43. The maximum Gasteiger partial charge on any atom is 0.234 e. The molecule has 6 nitrogen and oxygen atoms in total. The van der Waals surface area contributed by atoms with Gasteiger partial charge in [0.2, 0.25) is 11.7 Å². The minimum Gasteiger partial charge on any atom is -0.461 e. The summed E-state index contributed by atoms with van der Waals surface area (Å²) in [5.41, 5.74) is 3.02. The molecule has 1 N–H and O–H groups in total. The predicted octanol–water partition coefficient (Wildman–Crippen LogP) is 5.39. The van der Waals surface area contributed by atoms with Crippen molar-refractivity contribution in [1.29, 1.82) is 0 Å². The number of aromatic nitrogens is 3. The highest BCUT2D eigenvalue weighted by Gasteiger charge is 2.25. The van der Waals surface area contributed by atoms with Gasteiger partial charge in [-0.3, -0.25) is 9.36 Å². The number of benzene rings is 1. The molecule has 0 unspecified atom stereocenters. The number of carbonyl (C=O) groups excluding carboxylic acids is 1. The van der Waals surface area contributed by atoms with Crippen molar-refractivity contribution < 1.29 is 9.21 Å². The second-order valence-corrected chi connectivity index (χ2v) is 8.49. The molecule has 3 aromatic rings. The molecule has 0 atom stereocenters. The summed E-state index contributed by atoms with van der Waals surface area (Å²) < 4.78 is 7.76. The fraction of sp³-hybridized carbons (Fsp3) is 0.409. The van der Waals surface area contributed by atoms with Gasteiger partial charge in [-0.2, -0.15) is 0 Å². The van der Waals surface area contributed by atoms with Gasteiger partial charge in [0.15, 0.2) is 10.9 Å². The Kier molecular flexibility index (Phi) is 6.04. The molecule has 7 heteroatoms. The van der Waals surface area contributed by atoms with Crippen LogP contribution >= 0.6 is 11.8 Å². The molecule has 1 amide bonds. The SMILES string of the molecule is Cc1cccc(C)c1NC(=O)CSc1nnc(-c2ccco2)n1C1CCCCC1. The predicted molar refractivity (Wildman–Crippen MR) is 115 cm³/mol. The van der Waals surface area contributed by atoms with Gasteiger partial charge < -0.3 is 9.73 Å². The summed E-state index contributed by atoms with van der Waals surface area (Å²) in [6.07, 6.45) is 7.55. The third-order valence-corrected chi connectivity index (χ3v) is 6.37. The summed E-state index contributed by atoms with van der Waals surface area (Å²) in [5, 5.41) is 12.6. The van der Waals surface area contributed by atoms with Crippen LogP contribution in [0, 0.1) is 13.8 Å². The molecule has 0 spiro atoms. The standard InChI is InChI=1S/C22H26N4O2S/c1-15-8-6-9-16(2)20(15)23-19(27)14-29-22-25-24-21(18-12-7-13-28-18)26(22)17-10-4-3-5-11-17/h6-9,12-13,17H,3-5,10-11,14H2,1-2H3,(H,23,27). The first-order valence-corrected chi connectivity index (χ1v) is 11.1. The summed E-state index contributed by atoms with van der Waals surface area (Å²) in [4.78, 5) is 12.6. The molecular formula is C22H26N4O2S. The maximum atomic E-state index is 12.6. The summed E-state index contributed by atoms with van der Waals surface area (Å²) in [6.45, 7) is 4.01. The zero-order valence-corrected chi connectivity index (χ0v) is 17.7. The molecule has 1 fully saturated rings. The number of nitrogens with one attached hydrogen (secondary N) is 1. The monoisotopic (exact) mass is 410 g/mol. The zero-order chi connectivity index (χ0) is 20.2. The molecular weight excluding hydrogens is 384 g/mol. The number of anilines is 1. The molecule has 0 radical (unpaired) electrons. The van der Waals surface area contributed by atoms with Crippen LogP contribution in [-0.4, -0.2) is 26.4 Å². The highest BCUT2D eigenvalue weighted by Crippen LogP contribution is 2.35. The van der Waals surface area contributed by atoms with Crippen molar-refractivity contribution in [1.82, 2.24) is 14.8 Å². The zero-order valence-electron chi connectivity index (χ0n) is 16.9. The fourth-order valence-electron chi connectivity index (χ4n) is 3.93. The van der Waals surface area contributed by atoms with Crippen molar-refractivity contribution >= 4 is 23.4 Å². The van der Waals surface area contributed by atoms with E-state index in [1.165, 1.54) is 31.0 Å². The molecule has 152 valence electrons. The van der Waals surface area contributed by atoms with E-state index in [0.717, 1.165) is 46.4 Å². The lowest BCUT2D eigenvalue weighted by molar-refractivity contribution is -0.113. The van der Waals surface area contributed by atoms with Gasteiger partial charge >= 0.3 is 0 Å². The molecule has 1 aliphatic rings.